The second kappa shape index (κ2) is 10.9. The molecule has 3 aromatic rings. The maximum absolute atomic E-state index is 13.2. The zero-order chi connectivity index (χ0) is 23.0. The van der Waals surface area contributed by atoms with E-state index in [1.54, 1.807) is 6.20 Å². The molecule has 0 radical (unpaired) electrons. The van der Waals surface area contributed by atoms with Crippen molar-refractivity contribution in [1.82, 2.24) is 24.9 Å². The van der Waals surface area contributed by atoms with E-state index in [0.29, 0.717) is 51.4 Å². The minimum Gasteiger partial charge on any atom is -0.351 e. The Morgan fingerprint density at radius 2 is 1.55 bits per heavy atom. The zero-order valence-corrected chi connectivity index (χ0v) is 19.1. The van der Waals surface area contributed by atoms with Crippen molar-refractivity contribution >= 4 is 11.8 Å². The van der Waals surface area contributed by atoms with Gasteiger partial charge in [0.05, 0.1) is 30.5 Å². The molecule has 1 fully saturated rings. The first-order valence-electron chi connectivity index (χ1n) is 11.5. The van der Waals surface area contributed by atoms with E-state index in [1.165, 1.54) is 0 Å². The molecule has 1 aromatic heterocycles. The first-order chi connectivity index (χ1) is 16.1. The van der Waals surface area contributed by atoms with E-state index >= 15 is 0 Å². The number of carbonyl (C=O) groups excluding carboxylic acids is 2. The van der Waals surface area contributed by atoms with Gasteiger partial charge in [0.25, 0.3) is 5.91 Å². The number of carbonyl (C=O) groups is 2. The Balaban J connectivity index is 1.29. The molecule has 0 aliphatic carbocycles. The van der Waals surface area contributed by atoms with Crippen LogP contribution in [-0.4, -0.2) is 64.1 Å². The SMILES string of the molecule is CCc1c(C(=O)N2CCN(CC(=O)NCc3ccccc3)CC2)cnn1Cc1ccccc1. The molecule has 0 spiro atoms. The average Bonchev–Trinajstić information content (AvgIpc) is 3.26. The molecule has 0 atom stereocenters. The smallest absolute Gasteiger partial charge is 0.257 e. The van der Waals surface area contributed by atoms with Crippen LogP contribution in [-0.2, 0) is 24.3 Å². The van der Waals surface area contributed by atoms with E-state index in [9.17, 15) is 9.59 Å². The van der Waals surface area contributed by atoms with Crippen LogP contribution in [0.1, 0.15) is 34.1 Å². The third-order valence-corrected chi connectivity index (χ3v) is 6.05. The van der Waals surface area contributed by atoms with E-state index in [1.807, 2.05) is 58.1 Å². The summed E-state index contributed by atoms with van der Waals surface area (Å²) in [5.41, 5.74) is 3.89. The van der Waals surface area contributed by atoms with Gasteiger partial charge in [-0.25, -0.2) is 0 Å². The first kappa shape index (κ1) is 22.7. The fraction of sp³-hybridized carbons (Fsp3) is 0.346. The Labute approximate surface area is 195 Å². The highest BCUT2D eigenvalue weighted by molar-refractivity contribution is 5.95. The van der Waals surface area contributed by atoms with Crippen molar-refractivity contribution in [2.45, 2.75) is 26.4 Å². The molecule has 0 saturated carbocycles. The Morgan fingerprint density at radius 1 is 0.909 bits per heavy atom. The second-order valence-electron chi connectivity index (χ2n) is 8.33. The second-order valence-corrected chi connectivity index (χ2v) is 8.33. The van der Waals surface area contributed by atoms with Crippen LogP contribution in [0.2, 0.25) is 0 Å². The summed E-state index contributed by atoms with van der Waals surface area (Å²) in [5, 5.41) is 7.48. The lowest BCUT2D eigenvalue weighted by molar-refractivity contribution is -0.122. The third kappa shape index (κ3) is 5.87. The zero-order valence-electron chi connectivity index (χ0n) is 19.1. The average molecular weight is 446 g/mol. The van der Waals surface area contributed by atoms with Crippen LogP contribution >= 0.6 is 0 Å². The summed E-state index contributed by atoms with van der Waals surface area (Å²) in [4.78, 5) is 29.5. The predicted molar refractivity (Wildman–Crippen MR) is 128 cm³/mol. The lowest BCUT2D eigenvalue weighted by Crippen LogP contribution is -2.51. The predicted octanol–water partition coefficient (Wildman–Crippen LogP) is 2.57. The molecule has 2 amide bonds. The molecule has 2 aromatic carbocycles. The van der Waals surface area contributed by atoms with Crippen molar-refractivity contribution in [3.8, 4) is 0 Å². The number of piperazine rings is 1. The molecule has 0 unspecified atom stereocenters. The number of hydrogen-bond acceptors (Lipinski definition) is 4. The van der Waals surface area contributed by atoms with E-state index in [4.69, 9.17) is 0 Å². The van der Waals surface area contributed by atoms with E-state index in [-0.39, 0.29) is 11.8 Å². The fourth-order valence-electron chi connectivity index (χ4n) is 4.19. The van der Waals surface area contributed by atoms with Crippen molar-refractivity contribution < 1.29 is 9.59 Å². The lowest BCUT2D eigenvalue weighted by atomic mass is 10.1. The summed E-state index contributed by atoms with van der Waals surface area (Å²) in [7, 11) is 0. The summed E-state index contributed by atoms with van der Waals surface area (Å²) < 4.78 is 1.93. The normalized spacial score (nSPS) is 14.3. The van der Waals surface area contributed by atoms with Crippen LogP contribution in [0, 0.1) is 0 Å². The van der Waals surface area contributed by atoms with Crippen LogP contribution in [0.4, 0.5) is 0 Å². The Bertz CT molecular complexity index is 1060. The van der Waals surface area contributed by atoms with Crippen molar-refractivity contribution in [3.05, 3.63) is 89.2 Å². The van der Waals surface area contributed by atoms with Gasteiger partial charge in [0.15, 0.2) is 0 Å². The maximum atomic E-state index is 13.2. The van der Waals surface area contributed by atoms with Gasteiger partial charge in [-0.05, 0) is 17.5 Å². The highest BCUT2D eigenvalue weighted by Crippen LogP contribution is 2.16. The summed E-state index contributed by atoms with van der Waals surface area (Å²) in [6, 6.07) is 20.0. The van der Waals surface area contributed by atoms with Crippen molar-refractivity contribution in [2.24, 2.45) is 0 Å². The molecular weight excluding hydrogens is 414 g/mol. The van der Waals surface area contributed by atoms with Gasteiger partial charge >= 0.3 is 0 Å². The van der Waals surface area contributed by atoms with Gasteiger partial charge in [-0.3, -0.25) is 19.2 Å². The topological polar surface area (TPSA) is 70.5 Å². The van der Waals surface area contributed by atoms with Crippen LogP contribution in [0.3, 0.4) is 0 Å². The molecule has 2 heterocycles. The molecule has 7 heteroatoms. The minimum atomic E-state index is 0.00841. The molecule has 0 bridgehead atoms. The molecule has 1 aliphatic heterocycles. The Hall–Kier alpha value is -3.45. The van der Waals surface area contributed by atoms with Crippen molar-refractivity contribution in [1.29, 1.82) is 0 Å². The van der Waals surface area contributed by atoms with Crippen molar-refractivity contribution in [2.75, 3.05) is 32.7 Å². The fourth-order valence-corrected chi connectivity index (χ4v) is 4.19. The van der Waals surface area contributed by atoms with Gasteiger partial charge < -0.3 is 10.2 Å². The van der Waals surface area contributed by atoms with Crippen LogP contribution in [0.5, 0.6) is 0 Å². The van der Waals surface area contributed by atoms with Crippen LogP contribution in [0.15, 0.2) is 66.9 Å². The van der Waals surface area contributed by atoms with Gasteiger partial charge in [-0.1, -0.05) is 67.6 Å². The van der Waals surface area contributed by atoms with E-state index in [0.717, 1.165) is 23.2 Å². The summed E-state index contributed by atoms with van der Waals surface area (Å²) in [6.07, 6.45) is 2.45. The molecule has 7 nitrogen and oxygen atoms in total. The maximum Gasteiger partial charge on any atom is 0.257 e. The molecule has 33 heavy (non-hydrogen) atoms. The highest BCUT2D eigenvalue weighted by atomic mass is 16.2. The number of aromatic nitrogens is 2. The Morgan fingerprint density at radius 3 is 2.18 bits per heavy atom. The quantitative estimate of drug-likeness (QED) is 0.579. The standard InChI is InChI=1S/C26H31N5O2/c1-2-24-23(18-28-31(24)19-22-11-7-4-8-12-22)26(33)30-15-13-29(14-16-30)20-25(32)27-17-21-9-5-3-6-10-21/h3-12,18H,2,13-17,19-20H2,1H3,(H,27,32). The number of nitrogens with zero attached hydrogens (tertiary/aromatic N) is 4. The highest BCUT2D eigenvalue weighted by Gasteiger charge is 2.26. The van der Waals surface area contributed by atoms with Gasteiger partial charge in [-0.15, -0.1) is 0 Å². The first-order valence-corrected chi connectivity index (χ1v) is 11.5. The molecule has 1 N–H and O–H groups in total. The lowest BCUT2D eigenvalue weighted by Gasteiger charge is -2.34. The molecule has 1 aliphatic rings. The number of nitrogens with one attached hydrogen (secondary N) is 1. The van der Waals surface area contributed by atoms with Crippen molar-refractivity contribution in [3.63, 3.8) is 0 Å². The molecule has 4 rings (SSSR count). The minimum absolute atomic E-state index is 0.00841. The Kier molecular flexibility index (Phi) is 7.52. The van der Waals surface area contributed by atoms with Gasteiger partial charge in [0, 0.05) is 32.7 Å². The van der Waals surface area contributed by atoms with Gasteiger partial charge in [-0.2, -0.15) is 5.10 Å². The molecule has 172 valence electrons. The number of hydrogen-bond donors (Lipinski definition) is 1. The summed E-state index contributed by atoms with van der Waals surface area (Å²) in [6.45, 7) is 6.18. The number of amides is 2. The summed E-state index contributed by atoms with van der Waals surface area (Å²) >= 11 is 0. The van der Waals surface area contributed by atoms with Crippen LogP contribution < -0.4 is 5.32 Å². The largest absolute Gasteiger partial charge is 0.351 e. The monoisotopic (exact) mass is 445 g/mol. The van der Waals surface area contributed by atoms with E-state index in [2.05, 4.69) is 34.4 Å². The van der Waals surface area contributed by atoms with Crippen LogP contribution in [0.25, 0.3) is 0 Å². The number of rotatable bonds is 8. The van der Waals surface area contributed by atoms with Gasteiger partial charge in [0.1, 0.15) is 0 Å². The number of benzene rings is 2. The molecule has 1 saturated heterocycles. The molecular formula is C26H31N5O2. The summed E-state index contributed by atoms with van der Waals surface area (Å²) in [5.74, 6) is 0.0356. The third-order valence-electron chi connectivity index (χ3n) is 6.05. The van der Waals surface area contributed by atoms with Gasteiger partial charge in [0.2, 0.25) is 5.91 Å². The van der Waals surface area contributed by atoms with E-state index < -0.39 is 0 Å².